The van der Waals surface area contributed by atoms with Gasteiger partial charge in [-0.05, 0) is 6.20 Å². The Morgan fingerprint density at radius 3 is 2.41 bits per heavy atom. The molecule has 0 amide bonds. The van der Waals surface area contributed by atoms with Crippen LogP contribution in [0.4, 0.5) is 8.78 Å². The van der Waals surface area contributed by atoms with Crippen LogP contribution in [0.15, 0.2) is 30.6 Å². The zero-order valence-corrected chi connectivity index (χ0v) is 9.61. The van der Waals surface area contributed by atoms with Crippen molar-refractivity contribution in [3.05, 3.63) is 65.6 Å². The minimum atomic E-state index is -0.570. The van der Waals surface area contributed by atoms with E-state index in [4.69, 9.17) is 0 Å². The summed E-state index contributed by atoms with van der Waals surface area (Å²) in [7, 11) is 0. The molecule has 0 saturated carbocycles. The van der Waals surface area contributed by atoms with Crippen LogP contribution < -0.4 is 18.9 Å². The summed E-state index contributed by atoms with van der Waals surface area (Å²) in [6.45, 7) is 1.60. The van der Waals surface area contributed by atoms with Crippen LogP contribution in [0.3, 0.4) is 0 Å². The van der Waals surface area contributed by atoms with Crippen molar-refractivity contribution in [1.82, 2.24) is 9.97 Å². The van der Waals surface area contributed by atoms with Crippen LogP contribution in [-0.2, 0) is 0 Å². The van der Waals surface area contributed by atoms with Crippen molar-refractivity contribution in [3.8, 4) is 0 Å². The van der Waals surface area contributed by atoms with E-state index < -0.39 is 11.9 Å². The van der Waals surface area contributed by atoms with Gasteiger partial charge in [0.2, 0.25) is 0 Å². The molecule has 0 atom stereocenters. The van der Waals surface area contributed by atoms with Crippen LogP contribution >= 0.6 is 0 Å². The van der Waals surface area contributed by atoms with Gasteiger partial charge in [0.1, 0.15) is 0 Å². The molecule has 0 fully saturated rings. The molecule has 0 spiro atoms. The molecule has 2 rings (SSSR count). The Labute approximate surface area is 110 Å². The minimum Gasteiger partial charge on any atom is -0.267 e. The number of hydrogen-bond donors (Lipinski definition) is 0. The van der Waals surface area contributed by atoms with Gasteiger partial charge >= 0.3 is 18.9 Å². The normalized spacial score (nSPS) is 9.59. The molecule has 17 heavy (non-hydrogen) atoms. The summed E-state index contributed by atoms with van der Waals surface area (Å²) in [5.41, 5.74) is 1.32. The van der Waals surface area contributed by atoms with Crippen molar-refractivity contribution in [1.29, 1.82) is 0 Å². The third-order valence-electron chi connectivity index (χ3n) is 2.28. The van der Waals surface area contributed by atoms with E-state index in [1.54, 1.807) is 31.5 Å². The molecule has 0 aliphatic heterocycles. The van der Waals surface area contributed by atoms with Crippen LogP contribution in [-0.4, -0.2) is 9.97 Å². The van der Waals surface area contributed by atoms with Gasteiger partial charge < -0.3 is 0 Å². The van der Waals surface area contributed by atoms with E-state index in [2.05, 4.69) is 9.97 Å². The van der Waals surface area contributed by atoms with Gasteiger partial charge in [-0.15, -0.1) is 24.1 Å². The van der Waals surface area contributed by atoms with Gasteiger partial charge in [0.25, 0.3) is 0 Å². The molecule has 0 aliphatic carbocycles. The van der Waals surface area contributed by atoms with Crippen molar-refractivity contribution in [2.24, 2.45) is 0 Å². The second-order valence-corrected chi connectivity index (χ2v) is 3.34. The fourth-order valence-electron chi connectivity index (χ4n) is 1.35. The summed E-state index contributed by atoms with van der Waals surface area (Å²) < 4.78 is 26.4. The van der Waals surface area contributed by atoms with E-state index in [9.17, 15) is 8.78 Å². The van der Waals surface area contributed by atoms with Gasteiger partial charge in [-0.3, -0.25) is 4.98 Å². The van der Waals surface area contributed by atoms with Gasteiger partial charge in [-0.1, -0.05) is 24.1 Å². The number of halogens is 2. The molecule has 0 radical (unpaired) electrons. The Morgan fingerprint density at radius 1 is 1.00 bits per heavy atom. The SMILES string of the molecule is Cc1c([CH-]c2cccnc2F)ccnc1F.[Li+]. The quantitative estimate of drug-likeness (QED) is 0.398. The average molecular weight is 226 g/mol. The van der Waals surface area contributed by atoms with E-state index in [1.165, 1.54) is 12.4 Å². The molecular formula is C12H9F2LiN2. The smallest absolute Gasteiger partial charge is 0.267 e. The summed E-state index contributed by atoms with van der Waals surface area (Å²) in [4.78, 5) is 7.03. The second-order valence-electron chi connectivity index (χ2n) is 3.34. The van der Waals surface area contributed by atoms with Gasteiger partial charge in [-0.2, -0.15) is 4.39 Å². The predicted octanol–water partition coefficient (Wildman–Crippen LogP) is -0.332. The Balaban J connectivity index is 0.00000144. The predicted molar refractivity (Wildman–Crippen MR) is 55.6 cm³/mol. The Morgan fingerprint density at radius 2 is 1.71 bits per heavy atom. The van der Waals surface area contributed by atoms with E-state index in [0.717, 1.165) is 0 Å². The maximum absolute atomic E-state index is 13.3. The average Bonchev–Trinajstić information content (AvgIpc) is 2.28. The van der Waals surface area contributed by atoms with Crippen molar-refractivity contribution >= 4 is 0 Å². The molecule has 0 unspecified atom stereocenters. The molecular weight excluding hydrogens is 217 g/mol. The molecule has 2 aromatic heterocycles. The maximum Gasteiger partial charge on any atom is 1.00 e. The van der Waals surface area contributed by atoms with E-state index >= 15 is 0 Å². The first-order valence-electron chi connectivity index (χ1n) is 4.75. The molecule has 0 N–H and O–H groups in total. The van der Waals surface area contributed by atoms with Gasteiger partial charge in [0.15, 0.2) is 11.9 Å². The fraction of sp³-hybridized carbons (Fsp3) is 0.0833. The summed E-state index contributed by atoms with van der Waals surface area (Å²) in [6, 6.07) is 4.84. The molecule has 2 nitrogen and oxygen atoms in total. The Hall–Kier alpha value is -1.37. The summed E-state index contributed by atoms with van der Waals surface area (Å²) >= 11 is 0. The zero-order chi connectivity index (χ0) is 11.5. The minimum absolute atomic E-state index is 0. The van der Waals surface area contributed by atoms with Crippen molar-refractivity contribution in [2.45, 2.75) is 6.92 Å². The fourth-order valence-corrected chi connectivity index (χ4v) is 1.35. The number of aromatic nitrogens is 2. The first kappa shape index (κ1) is 13.7. The van der Waals surface area contributed by atoms with Crippen LogP contribution in [0.5, 0.6) is 0 Å². The van der Waals surface area contributed by atoms with E-state index in [1.807, 2.05) is 0 Å². The topological polar surface area (TPSA) is 25.8 Å². The van der Waals surface area contributed by atoms with Crippen LogP contribution in [0.2, 0.25) is 0 Å². The Kier molecular flexibility index (Phi) is 4.68. The zero-order valence-electron chi connectivity index (χ0n) is 9.61. The number of rotatable bonds is 2. The maximum atomic E-state index is 13.3. The third kappa shape index (κ3) is 3.06. The van der Waals surface area contributed by atoms with Crippen molar-refractivity contribution < 1.29 is 27.6 Å². The number of nitrogens with zero attached hydrogens (tertiary/aromatic N) is 2. The van der Waals surface area contributed by atoms with Crippen LogP contribution in [0, 0.1) is 25.2 Å². The molecule has 2 heterocycles. The van der Waals surface area contributed by atoms with Gasteiger partial charge in [-0.25, -0.2) is 9.37 Å². The van der Waals surface area contributed by atoms with Gasteiger partial charge in [0.05, 0.1) is 0 Å². The van der Waals surface area contributed by atoms with E-state index in [-0.39, 0.29) is 18.9 Å². The van der Waals surface area contributed by atoms with Crippen LogP contribution in [0.1, 0.15) is 16.7 Å². The van der Waals surface area contributed by atoms with Crippen LogP contribution in [0.25, 0.3) is 0 Å². The molecule has 0 aromatic carbocycles. The summed E-state index contributed by atoms with van der Waals surface area (Å²) in [5, 5.41) is 0. The summed E-state index contributed by atoms with van der Waals surface area (Å²) in [6.07, 6.45) is 4.26. The number of hydrogen-bond acceptors (Lipinski definition) is 2. The van der Waals surface area contributed by atoms with Gasteiger partial charge in [0, 0.05) is 6.20 Å². The monoisotopic (exact) mass is 226 g/mol. The number of pyridine rings is 2. The molecule has 82 valence electrons. The molecule has 0 bridgehead atoms. The molecule has 0 saturated heterocycles. The third-order valence-corrected chi connectivity index (χ3v) is 2.28. The van der Waals surface area contributed by atoms with Crippen molar-refractivity contribution in [2.75, 3.05) is 0 Å². The largest absolute Gasteiger partial charge is 1.00 e. The molecule has 2 aromatic rings. The standard InChI is InChI=1S/C12H9F2N2.Li/c1-8-9(4-6-16-11(8)13)7-10-3-2-5-15-12(10)14;/h2-7H,1H3;/q-1;+1. The van der Waals surface area contributed by atoms with Crippen molar-refractivity contribution in [3.63, 3.8) is 0 Å². The first-order valence-corrected chi connectivity index (χ1v) is 4.75. The second kappa shape index (κ2) is 5.81. The first-order chi connectivity index (χ1) is 7.68. The molecule has 5 heteroatoms. The molecule has 0 aliphatic rings. The Bertz CT molecular complexity index is 518. The summed E-state index contributed by atoms with van der Waals surface area (Å²) in [5.74, 6) is -1.11. The van der Waals surface area contributed by atoms with E-state index in [0.29, 0.717) is 16.7 Å².